The molecule has 0 aliphatic carbocycles. The van der Waals surface area contributed by atoms with Crippen LogP contribution in [0.4, 0.5) is 5.69 Å². The molecule has 0 fully saturated rings. The molecule has 3 rings (SSSR count). The van der Waals surface area contributed by atoms with Gasteiger partial charge in [0.1, 0.15) is 11.4 Å². The summed E-state index contributed by atoms with van der Waals surface area (Å²) in [6, 6.07) is 8.96. The molecule has 1 aliphatic heterocycles. The number of carbonyl (C=O) groups excluding carboxylic acids is 2. The minimum absolute atomic E-state index is 0.120. The standard InChI is InChI=1S/C17H17NO4/c1-17(2,3)22-14(19)9-21-13-8-7-12-15-10(13)5-4-6-11(15)16(20)18-12/h4-8H,9H2,1-3H3,(H,18,20). The molecule has 0 spiro atoms. The van der Waals surface area contributed by atoms with Crippen molar-refractivity contribution in [3.05, 3.63) is 35.9 Å². The third-order valence-electron chi connectivity index (χ3n) is 3.26. The zero-order chi connectivity index (χ0) is 15.9. The van der Waals surface area contributed by atoms with Crippen LogP contribution in [-0.4, -0.2) is 24.1 Å². The second-order valence-corrected chi connectivity index (χ2v) is 6.17. The Morgan fingerprint density at radius 1 is 1.18 bits per heavy atom. The highest BCUT2D eigenvalue weighted by Gasteiger charge is 2.23. The maximum Gasteiger partial charge on any atom is 0.344 e. The van der Waals surface area contributed by atoms with E-state index in [1.165, 1.54) is 0 Å². The van der Waals surface area contributed by atoms with E-state index in [4.69, 9.17) is 9.47 Å². The van der Waals surface area contributed by atoms with Gasteiger partial charge in [0.15, 0.2) is 6.61 Å². The van der Waals surface area contributed by atoms with Gasteiger partial charge in [0.2, 0.25) is 0 Å². The van der Waals surface area contributed by atoms with E-state index in [-0.39, 0.29) is 12.5 Å². The van der Waals surface area contributed by atoms with Crippen molar-refractivity contribution in [3.8, 4) is 5.75 Å². The number of ether oxygens (including phenoxy) is 2. The van der Waals surface area contributed by atoms with E-state index >= 15 is 0 Å². The summed E-state index contributed by atoms with van der Waals surface area (Å²) in [5.74, 6) is 0.0119. The maximum absolute atomic E-state index is 11.9. The number of hydrogen-bond acceptors (Lipinski definition) is 4. The Morgan fingerprint density at radius 2 is 1.95 bits per heavy atom. The number of rotatable bonds is 3. The van der Waals surface area contributed by atoms with Crippen LogP contribution in [0.25, 0.3) is 10.8 Å². The molecule has 0 bridgehead atoms. The van der Waals surface area contributed by atoms with Gasteiger partial charge in [0.25, 0.3) is 5.91 Å². The first kappa shape index (κ1) is 14.4. The molecule has 22 heavy (non-hydrogen) atoms. The first-order valence-corrected chi connectivity index (χ1v) is 7.07. The number of amides is 1. The minimum Gasteiger partial charge on any atom is -0.481 e. The molecule has 0 saturated heterocycles. The molecule has 2 aromatic carbocycles. The van der Waals surface area contributed by atoms with Crippen molar-refractivity contribution in [1.82, 2.24) is 0 Å². The monoisotopic (exact) mass is 299 g/mol. The third-order valence-corrected chi connectivity index (χ3v) is 3.26. The highest BCUT2D eigenvalue weighted by Crippen LogP contribution is 2.38. The lowest BCUT2D eigenvalue weighted by Crippen LogP contribution is -2.27. The van der Waals surface area contributed by atoms with Crippen molar-refractivity contribution in [2.24, 2.45) is 0 Å². The van der Waals surface area contributed by atoms with E-state index in [1.807, 2.05) is 6.07 Å². The van der Waals surface area contributed by atoms with Crippen LogP contribution in [0.2, 0.25) is 0 Å². The molecule has 0 saturated carbocycles. The number of benzene rings is 2. The number of esters is 1. The molecular formula is C17H17NO4. The predicted molar refractivity (Wildman–Crippen MR) is 83.2 cm³/mol. The van der Waals surface area contributed by atoms with Crippen LogP contribution in [0.15, 0.2) is 30.3 Å². The van der Waals surface area contributed by atoms with Crippen molar-refractivity contribution in [2.45, 2.75) is 26.4 Å². The summed E-state index contributed by atoms with van der Waals surface area (Å²) < 4.78 is 10.8. The van der Waals surface area contributed by atoms with Gasteiger partial charge in [-0.05, 0) is 39.0 Å². The Bertz CT molecular complexity index is 774. The molecule has 1 amide bonds. The van der Waals surface area contributed by atoms with Gasteiger partial charge in [-0.15, -0.1) is 0 Å². The van der Waals surface area contributed by atoms with Crippen LogP contribution in [0.3, 0.4) is 0 Å². The highest BCUT2D eigenvalue weighted by atomic mass is 16.6. The van der Waals surface area contributed by atoms with E-state index in [9.17, 15) is 9.59 Å². The molecule has 0 aromatic heterocycles. The molecule has 0 radical (unpaired) electrons. The highest BCUT2D eigenvalue weighted by molar-refractivity contribution is 6.24. The van der Waals surface area contributed by atoms with Crippen molar-refractivity contribution >= 4 is 28.3 Å². The summed E-state index contributed by atoms with van der Waals surface area (Å²) in [6.45, 7) is 5.25. The van der Waals surface area contributed by atoms with Crippen LogP contribution in [0.5, 0.6) is 5.75 Å². The summed E-state index contributed by atoms with van der Waals surface area (Å²) in [5.41, 5.74) is 0.842. The molecule has 0 atom stereocenters. The first-order chi connectivity index (χ1) is 10.3. The van der Waals surface area contributed by atoms with E-state index in [2.05, 4.69) is 5.32 Å². The van der Waals surface area contributed by atoms with Crippen LogP contribution in [-0.2, 0) is 9.53 Å². The molecule has 5 heteroatoms. The van der Waals surface area contributed by atoms with E-state index < -0.39 is 11.6 Å². The fourth-order valence-corrected chi connectivity index (χ4v) is 2.50. The fraction of sp³-hybridized carbons (Fsp3) is 0.294. The Labute approximate surface area is 128 Å². The second kappa shape index (κ2) is 5.02. The zero-order valence-corrected chi connectivity index (χ0v) is 12.7. The normalized spacial score (nSPS) is 13.1. The van der Waals surface area contributed by atoms with Gasteiger partial charge in [-0.1, -0.05) is 12.1 Å². The number of anilines is 1. The summed E-state index contributed by atoms with van der Waals surface area (Å²) in [6.07, 6.45) is 0. The Balaban J connectivity index is 1.86. The van der Waals surface area contributed by atoms with Crippen LogP contribution in [0.1, 0.15) is 31.1 Å². The van der Waals surface area contributed by atoms with Gasteiger partial charge in [0.05, 0.1) is 0 Å². The summed E-state index contributed by atoms with van der Waals surface area (Å²) >= 11 is 0. The molecule has 0 unspecified atom stereocenters. The SMILES string of the molecule is CC(C)(C)OC(=O)COc1ccc2c3c(cccc13)C(=O)N2. The van der Waals surface area contributed by atoms with Crippen LogP contribution in [0, 0.1) is 0 Å². The van der Waals surface area contributed by atoms with Crippen molar-refractivity contribution in [2.75, 3.05) is 11.9 Å². The summed E-state index contributed by atoms with van der Waals surface area (Å²) in [5, 5.41) is 4.44. The molecule has 1 heterocycles. The summed E-state index contributed by atoms with van der Waals surface area (Å²) in [4.78, 5) is 23.6. The lowest BCUT2D eigenvalue weighted by atomic mass is 10.0. The predicted octanol–water partition coefficient (Wildman–Crippen LogP) is 3.13. The average molecular weight is 299 g/mol. The Kier molecular flexibility index (Phi) is 3.28. The van der Waals surface area contributed by atoms with Crippen LogP contribution >= 0.6 is 0 Å². The molecule has 1 aliphatic rings. The molecule has 114 valence electrons. The second-order valence-electron chi connectivity index (χ2n) is 6.17. The van der Waals surface area contributed by atoms with Gasteiger partial charge in [-0.3, -0.25) is 4.79 Å². The van der Waals surface area contributed by atoms with Gasteiger partial charge in [-0.25, -0.2) is 4.79 Å². The topological polar surface area (TPSA) is 64.6 Å². The largest absolute Gasteiger partial charge is 0.481 e. The number of carbonyl (C=O) groups is 2. The van der Waals surface area contributed by atoms with Crippen LogP contribution < -0.4 is 10.1 Å². The van der Waals surface area contributed by atoms with Gasteiger partial charge in [0, 0.05) is 22.0 Å². The summed E-state index contributed by atoms with van der Waals surface area (Å²) in [7, 11) is 0. The molecule has 2 aromatic rings. The van der Waals surface area contributed by atoms with Crippen molar-refractivity contribution < 1.29 is 19.1 Å². The lowest BCUT2D eigenvalue weighted by molar-refractivity contribution is -0.157. The van der Waals surface area contributed by atoms with E-state index in [0.29, 0.717) is 11.3 Å². The van der Waals surface area contributed by atoms with Gasteiger partial charge in [-0.2, -0.15) is 0 Å². The number of nitrogens with one attached hydrogen (secondary N) is 1. The number of hydrogen-bond donors (Lipinski definition) is 1. The molecule has 1 N–H and O–H groups in total. The molecule has 5 nitrogen and oxygen atoms in total. The molecular weight excluding hydrogens is 282 g/mol. The van der Waals surface area contributed by atoms with E-state index in [1.54, 1.807) is 45.0 Å². The van der Waals surface area contributed by atoms with Gasteiger partial charge >= 0.3 is 5.97 Å². The van der Waals surface area contributed by atoms with Crippen molar-refractivity contribution in [3.63, 3.8) is 0 Å². The average Bonchev–Trinajstić information content (AvgIpc) is 2.75. The first-order valence-electron chi connectivity index (χ1n) is 7.07. The van der Waals surface area contributed by atoms with E-state index in [0.717, 1.165) is 16.5 Å². The zero-order valence-electron chi connectivity index (χ0n) is 12.7. The Hall–Kier alpha value is -2.56. The maximum atomic E-state index is 11.9. The third kappa shape index (κ3) is 2.62. The smallest absolute Gasteiger partial charge is 0.344 e. The minimum atomic E-state index is -0.543. The quantitative estimate of drug-likeness (QED) is 0.884. The van der Waals surface area contributed by atoms with Crippen molar-refractivity contribution in [1.29, 1.82) is 0 Å². The Morgan fingerprint density at radius 3 is 2.68 bits per heavy atom. The van der Waals surface area contributed by atoms with Gasteiger partial charge < -0.3 is 14.8 Å². The lowest BCUT2D eigenvalue weighted by Gasteiger charge is -2.19. The fourth-order valence-electron chi connectivity index (χ4n) is 2.50.